The maximum absolute atomic E-state index is 13.2. The minimum atomic E-state index is -0.708. The molecular weight excluding hydrogens is 452 g/mol. The molecule has 2 aromatic heterocycles. The molecule has 0 fully saturated rings. The van der Waals surface area contributed by atoms with Gasteiger partial charge in [0.1, 0.15) is 16.9 Å². The Morgan fingerprint density at radius 2 is 1.94 bits per heavy atom. The molecule has 0 saturated carbocycles. The number of methoxy groups -OCH3 is 1. The fourth-order valence-corrected chi connectivity index (χ4v) is 5.03. The van der Waals surface area contributed by atoms with Gasteiger partial charge in [0.2, 0.25) is 0 Å². The van der Waals surface area contributed by atoms with Crippen molar-refractivity contribution in [2.75, 3.05) is 20.3 Å². The highest BCUT2D eigenvalue weighted by atomic mass is 32.1. The number of carbonyl (C=O) groups excluding carboxylic acids is 1. The minimum Gasteiger partial charge on any atom is -0.497 e. The van der Waals surface area contributed by atoms with Crippen molar-refractivity contribution in [1.29, 1.82) is 0 Å². The Bertz CT molecular complexity index is 1660. The molecule has 8 heteroatoms. The normalized spacial score (nSPS) is 12.1. The zero-order valence-electron chi connectivity index (χ0n) is 18.7. The molecule has 5 aromatic rings. The van der Waals surface area contributed by atoms with E-state index in [1.807, 2.05) is 60.0 Å². The molecule has 2 heterocycles. The highest BCUT2D eigenvalue weighted by molar-refractivity contribution is 7.16. The Kier molecular flexibility index (Phi) is 6.00. The molecular formula is C26H22N2O5S. The van der Waals surface area contributed by atoms with Crippen LogP contribution in [0.4, 0.5) is 0 Å². The molecule has 5 rings (SSSR count). The van der Waals surface area contributed by atoms with E-state index in [4.69, 9.17) is 13.9 Å². The molecule has 0 N–H and O–H groups in total. The van der Waals surface area contributed by atoms with Gasteiger partial charge < -0.3 is 18.5 Å². The fraction of sp³-hybridized carbons (Fsp3) is 0.192. The molecule has 172 valence electrons. The zero-order chi connectivity index (χ0) is 23.7. The number of fused-ring (bicyclic) bond motifs is 4. The van der Waals surface area contributed by atoms with Crippen LogP contribution in [0.1, 0.15) is 17.3 Å². The standard InChI is InChI=1S/C26H22N2O5S/c1-3-32-13-12-28-21-10-9-17(31-2)14-23(21)34-26(28)27-24(29)20-15-19-18-7-5-4-6-16(18)8-11-22(19)33-25(20)30/h4-11,14-15H,3,12-13H2,1-2H3. The van der Waals surface area contributed by atoms with E-state index in [2.05, 4.69) is 4.99 Å². The smallest absolute Gasteiger partial charge is 0.349 e. The number of carbonyl (C=O) groups is 1. The SMILES string of the molecule is CCOCCn1c(=NC(=O)c2cc3c(ccc4ccccc43)oc2=O)sc2cc(OC)ccc21. The second kappa shape index (κ2) is 9.24. The van der Waals surface area contributed by atoms with Crippen molar-refractivity contribution in [2.45, 2.75) is 13.5 Å². The Morgan fingerprint density at radius 1 is 1.09 bits per heavy atom. The summed E-state index contributed by atoms with van der Waals surface area (Å²) >= 11 is 1.35. The highest BCUT2D eigenvalue weighted by Gasteiger charge is 2.16. The number of amides is 1. The van der Waals surface area contributed by atoms with Crippen LogP contribution in [-0.4, -0.2) is 30.8 Å². The van der Waals surface area contributed by atoms with E-state index in [1.165, 1.54) is 11.3 Å². The molecule has 0 atom stereocenters. The summed E-state index contributed by atoms with van der Waals surface area (Å²) in [6.45, 7) is 3.51. The first kappa shape index (κ1) is 22.1. The minimum absolute atomic E-state index is 0.102. The fourth-order valence-electron chi connectivity index (χ4n) is 3.95. The first-order chi connectivity index (χ1) is 16.6. The van der Waals surface area contributed by atoms with Gasteiger partial charge in [0.15, 0.2) is 4.80 Å². The van der Waals surface area contributed by atoms with Crippen molar-refractivity contribution in [3.8, 4) is 5.75 Å². The number of ether oxygens (including phenoxy) is 2. The Morgan fingerprint density at radius 3 is 2.76 bits per heavy atom. The molecule has 0 saturated heterocycles. The summed E-state index contributed by atoms with van der Waals surface area (Å²) in [5.74, 6) is 0.0675. The maximum atomic E-state index is 13.2. The number of aromatic nitrogens is 1. The van der Waals surface area contributed by atoms with Gasteiger partial charge in [0, 0.05) is 18.5 Å². The van der Waals surface area contributed by atoms with Crippen molar-refractivity contribution >= 4 is 49.2 Å². The van der Waals surface area contributed by atoms with E-state index in [9.17, 15) is 9.59 Å². The quantitative estimate of drug-likeness (QED) is 0.202. The van der Waals surface area contributed by atoms with Crippen LogP contribution in [0.15, 0.2) is 74.9 Å². The van der Waals surface area contributed by atoms with Crippen molar-refractivity contribution in [3.05, 3.63) is 81.4 Å². The van der Waals surface area contributed by atoms with Crippen LogP contribution < -0.4 is 15.2 Å². The molecule has 34 heavy (non-hydrogen) atoms. The number of hydrogen-bond donors (Lipinski definition) is 0. The van der Waals surface area contributed by atoms with Gasteiger partial charge in [-0.25, -0.2) is 4.79 Å². The summed E-state index contributed by atoms with van der Waals surface area (Å²) in [6, 6.07) is 18.6. The van der Waals surface area contributed by atoms with Crippen LogP contribution in [0.3, 0.4) is 0 Å². The molecule has 0 aliphatic carbocycles. The van der Waals surface area contributed by atoms with Gasteiger partial charge in [-0.15, -0.1) is 0 Å². The lowest BCUT2D eigenvalue weighted by atomic mass is 10.0. The van der Waals surface area contributed by atoms with Crippen LogP contribution >= 0.6 is 11.3 Å². The third-order valence-electron chi connectivity index (χ3n) is 5.62. The van der Waals surface area contributed by atoms with Gasteiger partial charge in [-0.3, -0.25) is 4.79 Å². The molecule has 0 unspecified atom stereocenters. The Hall–Kier alpha value is -3.75. The molecule has 1 amide bonds. The summed E-state index contributed by atoms with van der Waals surface area (Å²) in [5.41, 5.74) is 0.532. The molecule has 0 spiro atoms. The largest absolute Gasteiger partial charge is 0.497 e. The summed E-state index contributed by atoms with van der Waals surface area (Å²) in [4.78, 5) is 30.7. The van der Waals surface area contributed by atoms with Crippen LogP contribution in [0.2, 0.25) is 0 Å². The van der Waals surface area contributed by atoms with Gasteiger partial charge >= 0.3 is 5.63 Å². The van der Waals surface area contributed by atoms with E-state index in [-0.39, 0.29) is 5.56 Å². The predicted octanol–water partition coefficient (Wildman–Crippen LogP) is 4.75. The first-order valence-electron chi connectivity index (χ1n) is 10.9. The molecule has 0 bridgehead atoms. The van der Waals surface area contributed by atoms with Gasteiger partial charge in [-0.2, -0.15) is 4.99 Å². The molecule has 0 aliphatic rings. The van der Waals surface area contributed by atoms with Gasteiger partial charge in [0.25, 0.3) is 5.91 Å². The summed E-state index contributed by atoms with van der Waals surface area (Å²) in [6.07, 6.45) is 0. The van der Waals surface area contributed by atoms with Crippen LogP contribution in [-0.2, 0) is 11.3 Å². The van der Waals surface area contributed by atoms with E-state index in [1.54, 1.807) is 19.2 Å². The summed E-state index contributed by atoms with van der Waals surface area (Å²) in [7, 11) is 1.61. The highest BCUT2D eigenvalue weighted by Crippen LogP contribution is 2.26. The van der Waals surface area contributed by atoms with Gasteiger partial charge in [0.05, 0.1) is 23.9 Å². The first-order valence-corrected chi connectivity index (χ1v) is 11.7. The lowest BCUT2D eigenvalue weighted by molar-refractivity contribution is 0.0993. The monoisotopic (exact) mass is 474 g/mol. The summed E-state index contributed by atoms with van der Waals surface area (Å²) in [5, 5.41) is 2.59. The predicted molar refractivity (Wildman–Crippen MR) is 133 cm³/mol. The summed E-state index contributed by atoms with van der Waals surface area (Å²) < 4.78 is 19.2. The third kappa shape index (κ3) is 4.02. The molecule has 0 radical (unpaired) electrons. The van der Waals surface area contributed by atoms with E-state index < -0.39 is 11.5 Å². The van der Waals surface area contributed by atoms with Crippen molar-refractivity contribution in [1.82, 2.24) is 4.57 Å². The average molecular weight is 475 g/mol. The van der Waals surface area contributed by atoms with Crippen LogP contribution in [0, 0.1) is 0 Å². The zero-order valence-corrected chi connectivity index (χ0v) is 19.6. The Labute approximate surface area is 198 Å². The lowest BCUT2D eigenvalue weighted by Gasteiger charge is -2.06. The van der Waals surface area contributed by atoms with E-state index in [0.717, 1.165) is 21.0 Å². The van der Waals surface area contributed by atoms with Gasteiger partial charge in [-0.05, 0) is 48.0 Å². The van der Waals surface area contributed by atoms with Crippen molar-refractivity contribution in [2.24, 2.45) is 4.99 Å². The lowest BCUT2D eigenvalue weighted by Crippen LogP contribution is -2.21. The Balaban J connectivity index is 1.65. The molecule has 3 aromatic carbocycles. The third-order valence-corrected chi connectivity index (χ3v) is 6.66. The van der Waals surface area contributed by atoms with Gasteiger partial charge in [-0.1, -0.05) is 41.7 Å². The number of thiazole rings is 1. The van der Waals surface area contributed by atoms with E-state index >= 15 is 0 Å². The molecule has 7 nitrogen and oxygen atoms in total. The molecule has 0 aliphatic heterocycles. The van der Waals surface area contributed by atoms with Crippen LogP contribution in [0.5, 0.6) is 5.75 Å². The number of nitrogens with zero attached hydrogens (tertiary/aromatic N) is 2. The topological polar surface area (TPSA) is 83.0 Å². The van der Waals surface area contributed by atoms with Crippen molar-refractivity contribution in [3.63, 3.8) is 0 Å². The number of hydrogen-bond acceptors (Lipinski definition) is 6. The maximum Gasteiger partial charge on any atom is 0.349 e. The number of benzene rings is 3. The van der Waals surface area contributed by atoms with Crippen LogP contribution in [0.25, 0.3) is 32.0 Å². The second-order valence-electron chi connectivity index (χ2n) is 7.63. The van der Waals surface area contributed by atoms with Crippen molar-refractivity contribution < 1.29 is 18.7 Å². The average Bonchev–Trinajstić information content (AvgIpc) is 3.19. The van der Waals surface area contributed by atoms with E-state index in [0.29, 0.717) is 41.3 Å². The second-order valence-corrected chi connectivity index (χ2v) is 8.64. The number of rotatable bonds is 6.